The molecule has 0 aromatic heterocycles. The molecule has 14 heavy (non-hydrogen) atoms. The summed E-state index contributed by atoms with van der Waals surface area (Å²) in [4.78, 5) is 10.7. The van der Waals surface area contributed by atoms with Gasteiger partial charge in [0.15, 0.2) is 6.29 Å². The third kappa shape index (κ3) is 1.95. The normalized spacial score (nSPS) is 15.2. The van der Waals surface area contributed by atoms with Crippen LogP contribution in [0.1, 0.15) is 35.7 Å². The lowest BCUT2D eigenvalue weighted by Crippen LogP contribution is -2.00. The fourth-order valence-electron chi connectivity index (χ4n) is 1.36. The van der Waals surface area contributed by atoms with E-state index in [1.807, 2.05) is 18.2 Å². The summed E-state index contributed by atoms with van der Waals surface area (Å²) >= 11 is 0. The summed E-state index contributed by atoms with van der Waals surface area (Å²) in [6.07, 6.45) is 4.42. The summed E-state index contributed by atoms with van der Waals surface area (Å²) in [6, 6.07) is 5.79. The summed E-state index contributed by atoms with van der Waals surface area (Å²) < 4.78 is 5.66. The third-order valence-electron chi connectivity index (χ3n) is 2.43. The second-order valence-electron chi connectivity index (χ2n) is 3.66. The minimum absolute atomic E-state index is 0.348. The lowest BCUT2D eigenvalue weighted by atomic mass is 10.1. The number of carbonyl (C=O) groups is 1. The smallest absolute Gasteiger partial charge is 0.153 e. The van der Waals surface area contributed by atoms with E-state index >= 15 is 0 Å². The lowest BCUT2D eigenvalue weighted by molar-refractivity contribution is 0.111. The minimum Gasteiger partial charge on any atom is -0.490 e. The van der Waals surface area contributed by atoms with Gasteiger partial charge in [-0.05, 0) is 37.0 Å². The zero-order valence-electron chi connectivity index (χ0n) is 8.32. The summed E-state index contributed by atoms with van der Waals surface area (Å²) in [5, 5.41) is 0. The van der Waals surface area contributed by atoms with Gasteiger partial charge >= 0.3 is 0 Å². The number of benzene rings is 1. The highest BCUT2D eigenvalue weighted by atomic mass is 16.5. The predicted molar refractivity (Wildman–Crippen MR) is 54.9 cm³/mol. The van der Waals surface area contributed by atoms with E-state index in [1.165, 1.54) is 5.56 Å². The molecular weight excluding hydrogens is 176 g/mol. The van der Waals surface area contributed by atoms with Crippen molar-refractivity contribution in [2.75, 3.05) is 0 Å². The molecule has 2 rings (SSSR count). The van der Waals surface area contributed by atoms with Crippen LogP contribution in [0.4, 0.5) is 0 Å². The summed E-state index contributed by atoms with van der Waals surface area (Å²) in [7, 11) is 0. The molecule has 0 amide bonds. The molecule has 0 bridgehead atoms. The van der Waals surface area contributed by atoms with Gasteiger partial charge in [0.05, 0.1) is 11.7 Å². The van der Waals surface area contributed by atoms with Crippen LogP contribution >= 0.6 is 0 Å². The molecule has 0 aliphatic heterocycles. The van der Waals surface area contributed by atoms with Crippen molar-refractivity contribution in [3.63, 3.8) is 0 Å². The highest BCUT2D eigenvalue weighted by Gasteiger charge is 2.24. The number of ether oxygens (including phenoxy) is 1. The number of aryl methyl sites for hydroxylation is 1. The minimum atomic E-state index is 0.348. The van der Waals surface area contributed by atoms with Gasteiger partial charge in [0.2, 0.25) is 0 Å². The molecule has 0 spiro atoms. The second kappa shape index (κ2) is 3.82. The largest absolute Gasteiger partial charge is 0.490 e. The first kappa shape index (κ1) is 9.25. The Labute approximate surface area is 83.9 Å². The monoisotopic (exact) mass is 190 g/mol. The van der Waals surface area contributed by atoms with E-state index in [2.05, 4.69) is 6.92 Å². The number of carbonyl (C=O) groups excluding carboxylic acids is 1. The van der Waals surface area contributed by atoms with Gasteiger partial charge in [-0.15, -0.1) is 0 Å². The molecule has 1 aliphatic carbocycles. The van der Waals surface area contributed by atoms with Crippen LogP contribution in [0, 0.1) is 0 Å². The maximum absolute atomic E-state index is 10.7. The molecule has 0 radical (unpaired) electrons. The van der Waals surface area contributed by atoms with Gasteiger partial charge in [-0.3, -0.25) is 4.79 Å². The van der Waals surface area contributed by atoms with Crippen molar-refractivity contribution >= 4 is 6.29 Å². The van der Waals surface area contributed by atoms with Crippen molar-refractivity contribution in [2.45, 2.75) is 32.3 Å². The fourth-order valence-corrected chi connectivity index (χ4v) is 1.36. The van der Waals surface area contributed by atoms with E-state index in [0.29, 0.717) is 11.7 Å². The van der Waals surface area contributed by atoms with E-state index in [9.17, 15) is 4.79 Å². The Bertz CT molecular complexity index is 340. The van der Waals surface area contributed by atoms with Crippen LogP contribution in [0.25, 0.3) is 0 Å². The van der Waals surface area contributed by atoms with Gasteiger partial charge in [0.1, 0.15) is 5.75 Å². The first-order chi connectivity index (χ1) is 6.83. The summed E-state index contributed by atoms with van der Waals surface area (Å²) in [6.45, 7) is 2.09. The lowest BCUT2D eigenvalue weighted by Gasteiger charge is -2.08. The van der Waals surface area contributed by atoms with Gasteiger partial charge in [-0.1, -0.05) is 13.0 Å². The molecule has 2 nitrogen and oxygen atoms in total. The maximum atomic E-state index is 10.7. The van der Waals surface area contributed by atoms with E-state index in [1.54, 1.807) is 0 Å². The molecule has 1 aromatic rings. The average Bonchev–Trinajstić information content (AvgIpc) is 3.01. The fraction of sp³-hybridized carbons (Fsp3) is 0.417. The molecular formula is C12H14O2. The van der Waals surface area contributed by atoms with Crippen LogP contribution in [-0.4, -0.2) is 12.4 Å². The van der Waals surface area contributed by atoms with Crippen molar-refractivity contribution in [3.05, 3.63) is 29.3 Å². The van der Waals surface area contributed by atoms with Crippen LogP contribution in [-0.2, 0) is 6.42 Å². The van der Waals surface area contributed by atoms with E-state index in [0.717, 1.165) is 31.3 Å². The molecule has 0 unspecified atom stereocenters. The number of hydrogen-bond acceptors (Lipinski definition) is 2. The highest BCUT2D eigenvalue weighted by molar-refractivity contribution is 5.79. The van der Waals surface area contributed by atoms with Gasteiger partial charge in [0.25, 0.3) is 0 Å². The van der Waals surface area contributed by atoms with Crippen molar-refractivity contribution in [3.8, 4) is 5.75 Å². The zero-order chi connectivity index (χ0) is 9.97. The van der Waals surface area contributed by atoms with Crippen LogP contribution in [0.15, 0.2) is 18.2 Å². The van der Waals surface area contributed by atoms with Crippen molar-refractivity contribution in [1.82, 2.24) is 0 Å². The molecule has 0 N–H and O–H groups in total. The molecule has 1 saturated carbocycles. The highest BCUT2D eigenvalue weighted by Crippen LogP contribution is 2.29. The standard InChI is InChI=1S/C12H14O2/c1-2-9-3-4-10(8-13)12(7-9)14-11-5-6-11/h3-4,7-8,11H,2,5-6H2,1H3. The van der Waals surface area contributed by atoms with Crippen LogP contribution < -0.4 is 4.74 Å². The molecule has 1 aliphatic rings. The number of hydrogen-bond donors (Lipinski definition) is 0. The quantitative estimate of drug-likeness (QED) is 0.682. The maximum Gasteiger partial charge on any atom is 0.153 e. The molecule has 0 saturated heterocycles. The van der Waals surface area contributed by atoms with Gasteiger partial charge in [-0.2, -0.15) is 0 Å². The first-order valence-corrected chi connectivity index (χ1v) is 5.08. The van der Waals surface area contributed by atoms with Crippen molar-refractivity contribution in [1.29, 1.82) is 0 Å². The Hall–Kier alpha value is -1.31. The first-order valence-electron chi connectivity index (χ1n) is 5.08. The Morgan fingerprint density at radius 2 is 2.29 bits per heavy atom. The van der Waals surface area contributed by atoms with Crippen LogP contribution in [0.5, 0.6) is 5.75 Å². The molecule has 2 heteroatoms. The SMILES string of the molecule is CCc1ccc(C=O)c(OC2CC2)c1. The molecule has 0 atom stereocenters. The number of rotatable bonds is 4. The van der Waals surface area contributed by atoms with E-state index in [-0.39, 0.29) is 0 Å². The Kier molecular flexibility index (Phi) is 2.53. The van der Waals surface area contributed by atoms with Gasteiger partial charge in [0, 0.05) is 0 Å². The van der Waals surface area contributed by atoms with Crippen molar-refractivity contribution < 1.29 is 9.53 Å². The summed E-state index contributed by atoms with van der Waals surface area (Å²) in [5.41, 5.74) is 1.88. The van der Waals surface area contributed by atoms with Gasteiger partial charge in [-0.25, -0.2) is 0 Å². The van der Waals surface area contributed by atoms with E-state index in [4.69, 9.17) is 4.74 Å². The molecule has 74 valence electrons. The number of aldehydes is 1. The Balaban J connectivity index is 2.26. The van der Waals surface area contributed by atoms with Crippen LogP contribution in [0.2, 0.25) is 0 Å². The zero-order valence-corrected chi connectivity index (χ0v) is 8.32. The molecule has 1 fully saturated rings. The Morgan fingerprint density at radius 3 is 2.86 bits per heavy atom. The van der Waals surface area contributed by atoms with Crippen molar-refractivity contribution in [2.24, 2.45) is 0 Å². The topological polar surface area (TPSA) is 26.3 Å². The average molecular weight is 190 g/mol. The second-order valence-corrected chi connectivity index (χ2v) is 3.66. The van der Waals surface area contributed by atoms with Crippen LogP contribution in [0.3, 0.4) is 0 Å². The van der Waals surface area contributed by atoms with E-state index < -0.39 is 0 Å². The predicted octanol–water partition coefficient (Wildman–Crippen LogP) is 2.60. The molecule has 1 aromatic carbocycles. The summed E-state index contributed by atoms with van der Waals surface area (Å²) in [5.74, 6) is 0.752. The molecule has 0 heterocycles. The van der Waals surface area contributed by atoms with Gasteiger partial charge < -0.3 is 4.74 Å². The third-order valence-corrected chi connectivity index (χ3v) is 2.43. The Morgan fingerprint density at radius 1 is 1.50 bits per heavy atom.